The third-order valence-corrected chi connectivity index (χ3v) is 5.39. The molecular weight excluding hydrogens is 338 g/mol. The van der Waals surface area contributed by atoms with Crippen molar-refractivity contribution >= 4 is 5.97 Å². The first-order valence-corrected chi connectivity index (χ1v) is 10.9. The lowest BCUT2D eigenvalue weighted by Crippen LogP contribution is -2.62. The molecule has 1 aliphatic heterocycles. The Morgan fingerprint density at radius 1 is 0.963 bits per heavy atom. The zero-order valence-corrected chi connectivity index (χ0v) is 18.7. The number of carbonyl (C=O) groups excluding carboxylic acids is 1. The minimum atomic E-state index is -0.292. The summed E-state index contributed by atoms with van der Waals surface area (Å²) in [5.41, 5.74) is 0.100. The number of esters is 1. The fraction of sp³-hybridized carbons (Fsp3) is 0.870. The molecule has 0 atom stereocenters. The molecule has 0 saturated carbocycles. The standard InChI is InChI=1S/C23H43NO3/c1-8-9-10-11-12-13-14-15-16-26-24-22(4,5)17-20(18-23(24,6)7)27-21(25)19(2)3/h20H,2,8-18H2,1,3-7H3. The van der Waals surface area contributed by atoms with Crippen LogP contribution in [-0.4, -0.2) is 34.8 Å². The molecule has 158 valence electrons. The minimum Gasteiger partial charge on any atom is -0.459 e. The van der Waals surface area contributed by atoms with Gasteiger partial charge < -0.3 is 4.74 Å². The van der Waals surface area contributed by atoms with Crippen molar-refractivity contribution in [2.45, 2.75) is 123 Å². The molecule has 27 heavy (non-hydrogen) atoms. The van der Waals surface area contributed by atoms with Gasteiger partial charge in [0.1, 0.15) is 6.10 Å². The molecule has 1 aliphatic rings. The highest BCUT2D eigenvalue weighted by Gasteiger charge is 2.47. The van der Waals surface area contributed by atoms with Gasteiger partial charge in [0.15, 0.2) is 0 Å². The predicted octanol–water partition coefficient (Wildman–Crippen LogP) is 6.20. The summed E-state index contributed by atoms with van der Waals surface area (Å²) in [6, 6.07) is 0. The number of ether oxygens (including phenoxy) is 1. The van der Waals surface area contributed by atoms with Crippen molar-refractivity contribution in [3.63, 3.8) is 0 Å². The second kappa shape index (κ2) is 11.2. The normalized spacial score (nSPS) is 19.8. The van der Waals surface area contributed by atoms with Gasteiger partial charge in [-0.1, -0.05) is 58.4 Å². The molecule has 0 N–H and O–H groups in total. The highest BCUT2D eigenvalue weighted by Crippen LogP contribution is 2.40. The Labute approximate surface area is 167 Å². The molecule has 4 heteroatoms. The van der Waals surface area contributed by atoms with Crippen molar-refractivity contribution in [1.29, 1.82) is 0 Å². The van der Waals surface area contributed by atoms with E-state index in [9.17, 15) is 4.79 Å². The maximum atomic E-state index is 11.9. The van der Waals surface area contributed by atoms with Gasteiger partial charge in [0.2, 0.25) is 0 Å². The van der Waals surface area contributed by atoms with Crippen LogP contribution in [-0.2, 0) is 14.4 Å². The number of carbonyl (C=O) groups is 1. The maximum Gasteiger partial charge on any atom is 0.333 e. The summed E-state index contributed by atoms with van der Waals surface area (Å²) in [5, 5.41) is 2.15. The third-order valence-electron chi connectivity index (χ3n) is 5.39. The monoisotopic (exact) mass is 381 g/mol. The van der Waals surface area contributed by atoms with E-state index in [-0.39, 0.29) is 23.2 Å². The van der Waals surface area contributed by atoms with Gasteiger partial charge in [-0.3, -0.25) is 4.84 Å². The van der Waals surface area contributed by atoms with Crippen molar-refractivity contribution in [1.82, 2.24) is 5.06 Å². The lowest BCUT2D eigenvalue weighted by atomic mass is 9.80. The molecule has 1 saturated heterocycles. The SMILES string of the molecule is C=C(C)C(=O)OC1CC(C)(C)N(OCCCCCCCCCC)C(C)(C)C1. The molecule has 0 radical (unpaired) electrons. The van der Waals surface area contributed by atoms with Crippen LogP contribution in [0, 0.1) is 0 Å². The summed E-state index contributed by atoms with van der Waals surface area (Å²) in [7, 11) is 0. The number of rotatable bonds is 12. The first kappa shape index (κ1) is 24.2. The fourth-order valence-corrected chi connectivity index (χ4v) is 4.25. The molecule has 0 aliphatic carbocycles. The largest absolute Gasteiger partial charge is 0.459 e. The zero-order valence-electron chi connectivity index (χ0n) is 18.7. The van der Waals surface area contributed by atoms with Gasteiger partial charge in [0.05, 0.1) is 6.61 Å². The van der Waals surface area contributed by atoms with Crippen LogP contribution in [0.5, 0.6) is 0 Å². The van der Waals surface area contributed by atoms with Crippen LogP contribution in [0.1, 0.15) is 106 Å². The number of hydroxylamine groups is 2. The number of nitrogens with zero attached hydrogens (tertiary/aromatic N) is 1. The quantitative estimate of drug-likeness (QED) is 0.229. The van der Waals surface area contributed by atoms with E-state index in [4.69, 9.17) is 9.57 Å². The van der Waals surface area contributed by atoms with E-state index < -0.39 is 0 Å². The Hall–Kier alpha value is -0.870. The number of piperidine rings is 1. The highest BCUT2D eigenvalue weighted by atomic mass is 16.7. The second-order valence-electron chi connectivity index (χ2n) is 9.44. The Morgan fingerprint density at radius 2 is 1.44 bits per heavy atom. The molecule has 0 amide bonds. The molecule has 1 rings (SSSR count). The van der Waals surface area contributed by atoms with Crippen molar-refractivity contribution in [3.8, 4) is 0 Å². The first-order valence-electron chi connectivity index (χ1n) is 10.9. The molecule has 0 bridgehead atoms. The summed E-state index contributed by atoms with van der Waals surface area (Å²) >= 11 is 0. The Bertz CT molecular complexity index is 452. The van der Waals surface area contributed by atoms with E-state index in [1.165, 1.54) is 44.9 Å². The average molecular weight is 382 g/mol. The van der Waals surface area contributed by atoms with Crippen LogP contribution in [0.25, 0.3) is 0 Å². The fourth-order valence-electron chi connectivity index (χ4n) is 4.25. The predicted molar refractivity (Wildman–Crippen MR) is 112 cm³/mol. The topological polar surface area (TPSA) is 38.8 Å². The van der Waals surface area contributed by atoms with Crippen molar-refractivity contribution < 1.29 is 14.4 Å². The lowest BCUT2D eigenvalue weighted by Gasteiger charge is -2.53. The molecule has 0 aromatic carbocycles. The lowest BCUT2D eigenvalue weighted by molar-refractivity contribution is -0.293. The smallest absolute Gasteiger partial charge is 0.333 e. The van der Waals surface area contributed by atoms with Crippen LogP contribution in [0.15, 0.2) is 12.2 Å². The van der Waals surface area contributed by atoms with Gasteiger partial charge in [-0.2, -0.15) is 5.06 Å². The molecule has 4 nitrogen and oxygen atoms in total. The van der Waals surface area contributed by atoms with Crippen LogP contribution < -0.4 is 0 Å². The van der Waals surface area contributed by atoms with Crippen LogP contribution in [0.2, 0.25) is 0 Å². The minimum absolute atomic E-state index is 0.0952. The molecule has 0 aromatic heterocycles. The van der Waals surface area contributed by atoms with Gasteiger partial charge in [0, 0.05) is 29.5 Å². The number of unbranched alkanes of at least 4 members (excludes halogenated alkanes) is 7. The third kappa shape index (κ3) is 8.35. The Morgan fingerprint density at radius 3 is 1.93 bits per heavy atom. The Balaban J connectivity index is 2.40. The Kier molecular flexibility index (Phi) is 10.0. The summed E-state index contributed by atoms with van der Waals surface area (Å²) in [5.74, 6) is -0.292. The van der Waals surface area contributed by atoms with Crippen LogP contribution in [0.4, 0.5) is 0 Å². The summed E-state index contributed by atoms with van der Waals surface area (Å²) in [4.78, 5) is 18.1. The number of hydrogen-bond donors (Lipinski definition) is 0. The van der Waals surface area contributed by atoms with E-state index >= 15 is 0 Å². The average Bonchev–Trinajstić information content (AvgIpc) is 2.54. The second-order valence-corrected chi connectivity index (χ2v) is 9.44. The molecule has 0 unspecified atom stereocenters. The molecule has 0 spiro atoms. The highest BCUT2D eigenvalue weighted by molar-refractivity contribution is 5.87. The van der Waals surface area contributed by atoms with E-state index in [2.05, 4.69) is 46.3 Å². The van der Waals surface area contributed by atoms with Gasteiger partial charge >= 0.3 is 5.97 Å². The molecule has 1 heterocycles. The summed E-state index contributed by atoms with van der Waals surface area (Å²) in [6.45, 7) is 17.1. The van der Waals surface area contributed by atoms with E-state index in [0.717, 1.165) is 25.9 Å². The van der Waals surface area contributed by atoms with Crippen LogP contribution in [0.3, 0.4) is 0 Å². The van der Waals surface area contributed by atoms with Crippen molar-refractivity contribution in [3.05, 3.63) is 12.2 Å². The zero-order chi connectivity index (χ0) is 20.5. The van der Waals surface area contributed by atoms with Gasteiger partial charge in [0.25, 0.3) is 0 Å². The van der Waals surface area contributed by atoms with Crippen molar-refractivity contribution in [2.75, 3.05) is 6.61 Å². The van der Waals surface area contributed by atoms with E-state index in [0.29, 0.717) is 5.57 Å². The van der Waals surface area contributed by atoms with Gasteiger partial charge in [-0.15, -0.1) is 0 Å². The van der Waals surface area contributed by atoms with Gasteiger partial charge in [-0.05, 0) is 41.0 Å². The molecule has 1 fully saturated rings. The van der Waals surface area contributed by atoms with Crippen molar-refractivity contribution in [2.24, 2.45) is 0 Å². The first-order chi connectivity index (χ1) is 12.6. The maximum absolute atomic E-state index is 11.9. The summed E-state index contributed by atoms with van der Waals surface area (Å²) in [6.07, 6.45) is 11.8. The van der Waals surface area contributed by atoms with Crippen LogP contribution >= 0.6 is 0 Å². The number of hydrogen-bond acceptors (Lipinski definition) is 4. The van der Waals surface area contributed by atoms with E-state index in [1.807, 2.05) is 0 Å². The molecule has 0 aromatic rings. The van der Waals surface area contributed by atoms with E-state index in [1.54, 1.807) is 6.92 Å². The summed E-state index contributed by atoms with van der Waals surface area (Å²) < 4.78 is 5.65. The molecular formula is C23H43NO3. The van der Waals surface area contributed by atoms with Gasteiger partial charge in [-0.25, -0.2) is 4.79 Å².